The predicted molar refractivity (Wildman–Crippen MR) is 76.5 cm³/mol. The van der Waals surface area contributed by atoms with E-state index in [4.69, 9.17) is 9.47 Å². The van der Waals surface area contributed by atoms with Gasteiger partial charge in [0.1, 0.15) is 6.61 Å². The number of para-hydroxylation sites is 1. The Bertz CT molecular complexity index is 387. The zero-order chi connectivity index (χ0) is 15.0. The number of ether oxygens (including phenoxy) is 2. The van der Waals surface area contributed by atoms with Crippen molar-refractivity contribution in [2.24, 2.45) is 0 Å². The second-order valence-electron chi connectivity index (χ2n) is 5.08. The number of nitrogens with zero attached hydrogens (tertiary/aromatic N) is 1. The molecule has 114 valence electrons. The van der Waals surface area contributed by atoms with E-state index >= 15 is 0 Å². The third-order valence-corrected chi connectivity index (χ3v) is 2.71. The molecule has 0 aliphatic rings. The van der Waals surface area contributed by atoms with Crippen LogP contribution in [0.3, 0.4) is 0 Å². The zero-order valence-corrected chi connectivity index (χ0v) is 12.4. The highest BCUT2D eigenvalue weighted by Gasteiger charge is 2.10. The van der Waals surface area contributed by atoms with Crippen molar-refractivity contribution in [2.45, 2.75) is 26.1 Å². The fraction of sp³-hybridized carbons (Fsp3) is 0.600. The van der Waals surface area contributed by atoms with Crippen LogP contribution in [-0.2, 0) is 4.74 Å². The highest BCUT2D eigenvalue weighted by atomic mass is 19.1. The molecule has 0 spiro atoms. The Morgan fingerprint density at radius 3 is 2.65 bits per heavy atom. The Morgan fingerprint density at radius 2 is 2.00 bits per heavy atom. The Labute approximate surface area is 120 Å². The molecule has 4 nitrogen and oxygen atoms in total. The van der Waals surface area contributed by atoms with E-state index in [2.05, 4.69) is 0 Å². The van der Waals surface area contributed by atoms with Gasteiger partial charge in [0.05, 0.1) is 18.8 Å². The molecule has 20 heavy (non-hydrogen) atoms. The molecule has 0 unspecified atom stereocenters. The summed E-state index contributed by atoms with van der Waals surface area (Å²) < 4.78 is 24.0. The van der Waals surface area contributed by atoms with E-state index < -0.39 is 6.10 Å². The first-order valence-corrected chi connectivity index (χ1v) is 6.84. The normalized spacial score (nSPS) is 12.9. The first kappa shape index (κ1) is 16.9. The number of likely N-dealkylation sites (N-methyl/N-ethyl adjacent to an activating group) is 1. The van der Waals surface area contributed by atoms with E-state index in [0.717, 1.165) is 0 Å². The van der Waals surface area contributed by atoms with E-state index in [9.17, 15) is 9.50 Å². The van der Waals surface area contributed by atoms with Gasteiger partial charge < -0.3 is 19.5 Å². The lowest BCUT2D eigenvalue weighted by Crippen LogP contribution is -2.35. The molecule has 5 heteroatoms. The summed E-state index contributed by atoms with van der Waals surface area (Å²) >= 11 is 0. The third-order valence-electron chi connectivity index (χ3n) is 2.71. The van der Waals surface area contributed by atoms with Crippen molar-refractivity contribution in [1.82, 2.24) is 4.90 Å². The second kappa shape index (κ2) is 8.89. The van der Waals surface area contributed by atoms with Gasteiger partial charge in [-0.15, -0.1) is 0 Å². The average molecular weight is 285 g/mol. The number of aliphatic hydroxyl groups is 1. The summed E-state index contributed by atoms with van der Waals surface area (Å²) in [6.45, 7) is 5.64. The number of rotatable bonds is 9. The first-order chi connectivity index (χ1) is 9.49. The lowest BCUT2D eigenvalue weighted by atomic mass is 10.3. The van der Waals surface area contributed by atoms with Gasteiger partial charge in [-0.25, -0.2) is 4.39 Å². The summed E-state index contributed by atoms with van der Waals surface area (Å²) in [6, 6.07) is 6.32. The van der Waals surface area contributed by atoms with Crippen LogP contribution in [0, 0.1) is 5.82 Å². The molecule has 0 saturated carbocycles. The van der Waals surface area contributed by atoms with Crippen LogP contribution in [0.2, 0.25) is 0 Å². The van der Waals surface area contributed by atoms with Crippen LogP contribution in [0.25, 0.3) is 0 Å². The van der Waals surface area contributed by atoms with Gasteiger partial charge in [0.2, 0.25) is 0 Å². The molecule has 0 aromatic heterocycles. The Hall–Kier alpha value is -1.17. The molecule has 1 atom stereocenters. The fourth-order valence-corrected chi connectivity index (χ4v) is 1.68. The van der Waals surface area contributed by atoms with Crippen LogP contribution in [0.1, 0.15) is 13.8 Å². The van der Waals surface area contributed by atoms with Crippen LogP contribution >= 0.6 is 0 Å². The van der Waals surface area contributed by atoms with Crippen molar-refractivity contribution >= 4 is 0 Å². The molecule has 1 aromatic rings. The summed E-state index contributed by atoms with van der Waals surface area (Å²) in [6.07, 6.45) is -0.421. The Balaban J connectivity index is 2.20. The van der Waals surface area contributed by atoms with Gasteiger partial charge in [-0.3, -0.25) is 0 Å². The number of hydrogen-bond donors (Lipinski definition) is 1. The zero-order valence-electron chi connectivity index (χ0n) is 12.4. The third kappa shape index (κ3) is 6.84. The van der Waals surface area contributed by atoms with E-state index in [0.29, 0.717) is 26.3 Å². The number of hydrogen-bond acceptors (Lipinski definition) is 4. The minimum absolute atomic E-state index is 0.111. The molecular weight excluding hydrogens is 261 g/mol. The van der Waals surface area contributed by atoms with Crippen molar-refractivity contribution in [2.75, 3.05) is 33.4 Å². The van der Waals surface area contributed by atoms with E-state index in [1.165, 1.54) is 6.07 Å². The largest absolute Gasteiger partial charge is 0.489 e. The summed E-state index contributed by atoms with van der Waals surface area (Å²) in [5.41, 5.74) is 0. The molecule has 0 amide bonds. The van der Waals surface area contributed by atoms with Gasteiger partial charge in [-0.2, -0.15) is 0 Å². The molecule has 0 fully saturated rings. The second-order valence-corrected chi connectivity index (χ2v) is 5.08. The van der Waals surface area contributed by atoms with Crippen LogP contribution in [0.15, 0.2) is 24.3 Å². The number of benzene rings is 1. The fourth-order valence-electron chi connectivity index (χ4n) is 1.68. The Morgan fingerprint density at radius 1 is 1.30 bits per heavy atom. The molecule has 0 aliphatic carbocycles. The molecule has 0 bridgehead atoms. The van der Waals surface area contributed by atoms with Gasteiger partial charge in [0, 0.05) is 13.1 Å². The van der Waals surface area contributed by atoms with Gasteiger partial charge in [0.15, 0.2) is 11.6 Å². The maximum absolute atomic E-state index is 13.3. The molecule has 1 N–H and O–H groups in total. The molecule has 1 aromatic carbocycles. The maximum Gasteiger partial charge on any atom is 0.165 e. The highest BCUT2D eigenvalue weighted by Crippen LogP contribution is 2.14. The monoisotopic (exact) mass is 285 g/mol. The lowest BCUT2D eigenvalue weighted by molar-refractivity contribution is -0.00652. The van der Waals surface area contributed by atoms with Crippen LogP contribution in [0.4, 0.5) is 4.39 Å². The SMILES string of the molecule is CC(C)OC[C@@H](O)CN(C)CCOc1ccccc1F. The molecule has 0 saturated heterocycles. The lowest BCUT2D eigenvalue weighted by Gasteiger charge is -2.21. The smallest absolute Gasteiger partial charge is 0.165 e. The van der Waals surface area contributed by atoms with Crippen LogP contribution < -0.4 is 4.74 Å². The summed E-state index contributed by atoms with van der Waals surface area (Å²) in [5.74, 6) is -0.106. The molecule has 0 heterocycles. The van der Waals surface area contributed by atoms with Gasteiger partial charge >= 0.3 is 0 Å². The van der Waals surface area contributed by atoms with E-state index in [1.807, 2.05) is 25.8 Å². The van der Waals surface area contributed by atoms with Gasteiger partial charge in [0.25, 0.3) is 0 Å². The van der Waals surface area contributed by atoms with Crippen molar-refractivity contribution in [1.29, 1.82) is 0 Å². The Kier molecular flexibility index (Phi) is 7.51. The highest BCUT2D eigenvalue weighted by molar-refractivity contribution is 5.23. The molecule has 1 rings (SSSR count). The molecule has 0 aliphatic heterocycles. The number of halogens is 1. The molecular formula is C15H24FNO3. The number of aliphatic hydroxyl groups excluding tert-OH is 1. The summed E-state index contributed by atoms with van der Waals surface area (Å²) in [5, 5.41) is 9.76. The first-order valence-electron chi connectivity index (χ1n) is 6.84. The quantitative estimate of drug-likeness (QED) is 0.753. The van der Waals surface area contributed by atoms with Crippen molar-refractivity contribution < 1.29 is 19.0 Å². The predicted octanol–water partition coefficient (Wildman–Crippen LogP) is 1.92. The van der Waals surface area contributed by atoms with Gasteiger partial charge in [-0.05, 0) is 33.0 Å². The minimum Gasteiger partial charge on any atom is -0.489 e. The van der Waals surface area contributed by atoms with Crippen LogP contribution in [0.5, 0.6) is 5.75 Å². The van der Waals surface area contributed by atoms with Crippen molar-refractivity contribution in [3.8, 4) is 5.75 Å². The maximum atomic E-state index is 13.3. The van der Waals surface area contributed by atoms with E-state index in [-0.39, 0.29) is 17.7 Å². The topological polar surface area (TPSA) is 41.9 Å². The average Bonchev–Trinajstić information content (AvgIpc) is 2.38. The van der Waals surface area contributed by atoms with Gasteiger partial charge in [-0.1, -0.05) is 12.1 Å². The van der Waals surface area contributed by atoms with E-state index in [1.54, 1.807) is 18.2 Å². The molecule has 0 radical (unpaired) electrons. The van der Waals surface area contributed by atoms with Crippen molar-refractivity contribution in [3.05, 3.63) is 30.1 Å². The van der Waals surface area contributed by atoms with Crippen molar-refractivity contribution in [3.63, 3.8) is 0 Å². The van der Waals surface area contributed by atoms with Crippen LogP contribution in [-0.4, -0.2) is 55.6 Å². The minimum atomic E-state index is -0.532. The standard InChI is InChI=1S/C15H24FNO3/c1-12(2)20-11-13(18)10-17(3)8-9-19-15-7-5-4-6-14(15)16/h4-7,12-13,18H,8-11H2,1-3H3/t13-/m0/s1. The summed E-state index contributed by atoms with van der Waals surface area (Å²) in [4.78, 5) is 1.93. The summed E-state index contributed by atoms with van der Waals surface area (Å²) in [7, 11) is 1.88.